The van der Waals surface area contributed by atoms with Crippen molar-refractivity contribution in [2.75, 3.05) is 0 Å². The lowest BCUT2D eigenvalue weighted by Gasteiger charge is -2.03. The molecule has 1 heterocycles. The summed E-state index contributed by atoms with van der Waals surface area (Å²) in [4.78, 5) is 11.1. The third kappa shape index (κ3) is 2.47. The van der Waals surface area contributed by atoms with Gasteiger partial charge in [0.2, 0.25) is 5.91 Å². The molecular weight excluding hydrogens is 238 g/mol. The number of aromatic nitrogens is 2. The maximum atomic E-state index is 11.1. The molecule has 0 saturated heterocycles. The summed E-state index contributed by atoms with van der Waals surface area (Å²) in [7, 11) is 0. The average molecular weight is 250 g/mol. The van der Waals surface area contributed by atoms with E-state index in [1.165, 1.54) is 0 Å². The molecule has 1 amide bonds. The molecule has 0 spiro atoms. The molecule has 88 valence electrons. The van der Waals surface area contributed by atoms with Gasteiger partial charge in [0.15, 0.2) is 0 Å². The van der Waals surface area contributed by atoms with Gasteiger partial charge >= 0.3 is 0 Å². The first kappa shape index (κ1) is 11.7. The van der Waals surface area contributed by atoms with Gasteiger partial charge < -0.3 is 5.73 Å². The van der Waals surface area contributed by atoms with Crippen molar-refractivity contribution >= 4 is 17.5 Å². The van der Waals surface area contributed by atoms with E-state index in [9.17, 15) is 4.79 Å². The molecule has 5 heteroatoms. The molecule has 2 aromatic rings. The van der Waals surface area contributed by atoms with E-state index in [4.69, 9.17) is 17.3 Å². The highest BCUT2D eigenvalue weighted by molar-refractivity contribution is 6.30. The summed E-state index contributed by atoms with van der Waals surface area (Å²) < 4.78 is 1.67. The Kier molecular flexibility index (Phi) is 3.15. The van der Waals surface area contributed by atoms with Crippen molar-refractivity contribution in [2.45, 2.75) is 12.8 Å². The Labute approximate surface area is 104 Å². The van der Waals surface area contributed by atoms with Gasteiger partial charge in [-0.1, -0.05) is 17.7 Å². The number of benzene rings is 1. The van der Waals surface area contributed by atoms with Gasteiger partial charge in [-0.05, 0) is 25.1 Å². The van der Waals surface area contributed by atoms with E-state index in [-0.39, 0.29) is 11.8 Å². The van der Waals surface area contributed by atoms with Gasteiger partial charge in [0.25, 0.3) is 0 Å². The summed E-state index contributed by atoms with van der Waals surface area (Å²) >= 11 is 5.90. The van der Waals surface area contributed by atoms with Crippen LogP contribution in [-0.2, 0) is 4.79 Å². The maximum absolute atomic E-state index is 11.1. The van der Waals surface area contributed by atoms with E-state index in [1.807, 2.05) is 12.1 Å². The number of amides is 1. The fourth-order valence-corrected chi connectivity index (χ4v) is 1.67. The Morgan fingerprint density at radius 2 is 2.29 bits per heavy atom. The van der Waals surface area contributed by atoms with E-state index < -0.39 is 0 Å². The topological polar surface area (TPSA) is 60.9 Å². The Balaban J connectivity index is 2.33. The van der Waals surface area contributed by atoms with Crippen LogP contribution in [0.4, 0.5) is 0 Å². The molecule has 2 rings (SSSR count). The molecule has 0 aliphatic heterocycles. The third-order valence-corrected chi connectivity index (χ3v) is 2.84. The van der Waals surface area contributed by atoms with Gasteiger partial charge in [0.05, 0.1) is 17.8 Å². The molecule has 0 radical (unpaired) electrons. The van der Waals surface area contributed by atoms with E-state index >= 15 is 0 Å². The monoisotopic (exact) mass is 249 g/mol. The van der Waals surface area contributed by atoms with Gasteiger partial charge in [-0.15, -0.1) is 0 Å². The summed E-state index contributed by atoms with van der Waals surface area (Å²) in [6.45, 7) is 1.75. The molecule has 0 unspecified atom stereocenters. The summed E-state index contributed by atoms with van der Waals surface area (Å²) in [5, 5.41) is 4.82. The second-order valence-electron chi connectivity index (χ2n) is 3.82. The number of rotatable bonds is 3. The van der Waals surface area contributed by atoms with Crippen LogP contribution in [0.25, 0.3) is 5.69 Å². The summed E-state index contributed by atoms with van der Waals surface area (Å²) in [6.07, 6.45) is 3.41. The van der Waals surface area contributed by atoms with E-state index in [1.54, 1.807) is 36.1 Å². The average Bonchev–Trinajstić information content (AvgIpc) is 2.77. The van der Waals surface area contributed by atoms with Gasteiger partial charge in [-0.25, -0.2) is 4.68 Å². The Bertz CT molecular complexity index is 550. The molecule has 1 atom stereocenters. The lowest BCUT2D eigenvalue weighted by atomic mass is 10.1. The lowest BCUT2D eigenvalue weighted by molar-refractivity contribution is -0.119. The molecule has 0 bridgehead atoms. The number of hydrogen-bond donors (Lipinski definition) is 1. The summed E-state index contributed by atoms with van der Waals surface area (Å²) in [5.74, 6) is -0.710. The first-order valence-electron chi connectivity index (χ1n) is 5.18. The second-order valence-corrected chi connectivity index (χ2v) is 4.26. The third-order valence-electron chi connectivity index (χ3n) is 2.60. The molecule has 4 nitrogen and oxygen atoms in total. The number of halogens is 1. The molecule has 0 aliphatic rings. The van der Waals surface area contributed by atoms with Crippen molar-refractivity contribution in [1.29, 1.82) is 0 Å². The van der Waals surface area contributed by atoms with Crippen LogP contribution in [-0.4, -0.2) is 15.7 Å². The van der Waals surface area contributed by atoms with Gasteiger partial charge in [0, 0.05) is 16.8 Å². The predicted octanol–water partition coefficient (Wildman–Crippen LogP) is 2.11. The Morgan fingerprint density at radius 1 is 1.53 bits per heavy atom. The number of primary amides is 1. The standard InChI is InChI=1S/C12H12ClN3O/c1-8(12(14)17)9-6-15-16(7-9)11-4-2-3-10(13)5-11/h2-8H,1H3,(H2,14,17)/t8-/m1/s1. The smallest absolute Gasteiger partial charge is 0.224 e. The van der Waals surface area contributed by atoms with Crippen LogP contribution in [0.5, 0.6) is 0 Å². The minimum absolute atomic E-state index is 0.345. The molecule has 0 saturated carbocycles. The SMILES string of the molecule is C[C@@H](C(N)=O)c1cnn(-c2cccc(Cl)c2)c1. The van der Waals surface area contributed by atoms with Gasteiger partial charge in [0.1, 0.15) is 0 Å². The molecule has 1 aromatic carbocycles. The Morgan fingerprint density at radius 3 is 2.94 bits per heavy atom. The second kappa shape index (κ2) is 4.59. The highest BCUT2D eigenvalue weighted by Gasteiger charge is 2.13. The number of nitrogens with two attached hydrogens (primary N) is 1. The zero-order valence-electron chi connectivity index (χ0n) is 9.30. The lowest BCUT2D eigenvalue weighted by Crippen LogP contribution is -2.18. The molecule has 0 aliphatic carbocycles. The highest BCUT2D eigenvalue weighted by Crippen LogP contribution is 2.18. The largest absolute Gasteiger partial charge is 0.369 e. The highest BCUT2D eigenvalue weighted by atomic mass is 35.5. The normalized spacial score (nSPS) is 12.4. The molecular formula is C12H12ClN3O. The number of carbonyl (C=O) groups excluding carboxylic acids is 1. The minimum atomic E-state index is -0.365. The van der Waals surface area contributed by atoms with Gasteiger partial charge in [-0.3, -0.25) is 4.79 Å². The van der Waals surface area contributed by atoms with Crippen LogP contribution in [0.3, 0.4) is 0 Å². The quantitative estimate of drug-likeness (QED) is 0.906. The summed E-state index contributed by atoms with van der Waals surface area (Å²) in [6, 6.07) is 7.32. The number of carbonyl (C=O) groups is 1. The first-order chi connectivity index (χ1) is 8.08. The first-order valence-corrected chi connectivity index (χ1v) is 5.55. The molecule has 2 N–H and O–H groups in total. The van der Waals surface area contributed by atoms with Gasteiger partial charge in [-0.2, -0.15) is 5.10 Å². The van der Waals surface area contributed by atoms with Crippen LogP contribution >= 0.6 is 11.6 Å². The van der Waals surface area contributed by atoms with Crippen molar-refractivity contribution in [3.05, 3.63) is 47.2 Å². The van der Waals surface area contributed by atoms with Crippen molar-refractivity contribution in [3.8, 4) is 5.69 Å². The van der Waals surface area contributed by atoms with Crippen LogP contribution in [0.2, 0.25) is 5.02 Å². The fraction of sp³-hybridized carbons (Fsp3) is 0.167. The van der Waals surface area contributed by atoms with Crippen molar-refractivity contribution in [2.24, 2.45) is 5.73 Å². The van der Waals surface area contributed by atoms with Crippen molar-refractivity contribution in [1.82, 2.24) is 9.78 Å². The van der Waals surface area contributed by atoms with E-state index in [2.05, 4.69) is 5.10 Å². The molecule has 17 heavy (non-hydrogen) atoms. The zero-order valence-corrected chi connectivity index (χ0v) is 10.1. The number of nitrogens with zero attached hydrogens (tertiary/aromatic N) is 2. The number of hydrogen-bond acceptors (Lipinski definition) is 2. The molecule has 1 aromatic heterocycles. The van der Waals surface area contributed by atoms with E-state index in [0.29, 0.717) is 5.02 Å². The molecule has 0 fully saturated rings. The zero-order chi connectivity index (χ0) is 12.4. The predicted molar refractivity (Wildman–Crippen MR) is 66.2 cm³/mol. The Hall–Kier alpha value is -1.81. The summed E-state index contributed by atoms with van der Waals surface area (Å²) in [5.41, 5.74) is 6.88. The van der Waals surface area contributed by atoms with E-state index in [0.717, 1.165) is 11.3 Å². The van der Waals surface area contributed by atoms with Crippen LogP contribution in [0.1, 0.15) is 18.4 Å². The van der Waals surface area contributed by atoms with Crippen LogP contribution in [0.15, 0.2) is 36.7 Å². The van der Waals surface area contributed by atoms with Crippen molar-refractivity contribution in [3.63, 3.8) is 0 Å². The maximum Gasteiger partial charge on any atom is 0.224 e. The van der Waals surface area contributed by atoms with Crippen LogP contribution in [0, 0.1) is 0 Å². The van der Waals surface area contributed by atoms with Crippen LogP contribution < -0.4 is 5.73 Å². The van der Waals surface area contributed by atoms with Crippen molar-refractivity contribution < 1.29 is 4.79 Å². The minimum Gasteiger partial charge on any atom is -0.369 e. The fourth-order valence-electron chi connectivity index (χ4n) is 1.48.